The Morgan fingerprint density at radius 1 is 1.27 bits per heavy atom. The first-order valence-corrected chi connectivity index (χ1v) is 12.4. The zero-order valence-electron chi connectivity index (χ0n) is 19.6. The minimum absolute atomic E-state index is 0. The third-order valence-electron chi connectivity index (χ3n) is 7.92. The summed E-state index contributed by atoms with van der Waals surface area (Å²) in [6.07, 6.45) is 9.79. The third kappa shape index (κ3) is 5.01. The molecule has 6 nitrogen and oxygen atoms in total. The number of nitrogens with one attached hydrogen (secondary N) is 1. The molecule has 0 saturated heterocycles. The molecule has 4 fully saturated rings. The van der Waals surface area contributed by atoms with Gasteiger partial charge in [0.25, 0.3) is 11.6 Å². The smallest absolute Gasteiger partial charge is 0.312 e. The number of carbonyl (C=O) groups excluding carboxylic acids is 1. The van der Waals surface area contributed by atoms with Gasteiger partial charge in [0, 0.05) is 20.3 Å². The van der Waals surface area contributed by atoms with Crippen LogP contribution in [0.5, 0.6) is 0 Å². The van der Waals surface area contributed by atoms with Crippen LogP contribution in [0.25, 0.3) is 0 Å². The molecule has 4 bridgehead atoms. The summed E-state index contributed by atoms with van der Waals surface area (Å²) in [5.41, 5.74) is 10.5. The number of nitrogens with two attached hydrogens (primary N) is 1. The van der Waals surface area contributed by atoms with Gasteiger partial charge in [-0.05, 0) is 60.8 Å². The van der Waals surface area contributed by atoms with Crippen LogP contribution < -0.4 is 40.1 Å². The number of anilines is 1. The molecule has 4 aliphatic carbocycles. The topological polar surface area (TPSA) is 83.2 Å². The van der Waals surface area contributed by atoms with Gasteiger partial charge in [0.2, 0.25) is 5.51 Å². The fourth-order valence-electron chi connectivity index (χ4n) is 7.06. The van der Waals surface area contributed by atoms with Gasteiger partial charge in [-0.25, -0.2) is 4.98 Å². The minimum Gasteiger partial charge on any atom is -1.00 e. The number of rotatable bonds is 6. The van der Waals surface area contributed by atoms with E-state index in [0.29, 0.717) is 24.4 Å². The zero-order valence-corrected chi connectivity index (χ0v) is 22.0. The molecule has 0 aliphatic heterocycles. The number of esters is 1. The SMILES string of the molecule is Cc1nc(N)c(C[n+]2csc(CCOC(=O)C34CC5CC(CC(C)(C5)C3)C4)c2C)c[nH+]1.[Cl-].[Cl-]. The van der Waals surface area contributed by atoms with E-state index in [9.17, 15) is 4.79 Å². The van der Waals surface area contributed by atoms with E-state index in [2.05, 4.69) is 33.9 Å². The highest BCUT2D eigenvalue weighted by Crippen LogP contribution is 2.65. The quantitative estimate of drug-likeness (QED) is 0.334. The second-order valence-electron chi connectivity index (χ2n) is 10.7. The Labute approximate surface area is 212 Å². The van der Waals surface area contributed by atoms with Crippen LogP contribution in [-0.4, -0.2) is 17.6 Å². The molecule has 33 heavy (non-hydrogen) atoms. The lowest BCUT2D eigenvalue weighted by molar-refractivity contribution is -0.690. The van der Waals surface area contributed by atoms with Gasteiger partial charge >= 0.3 is 5.97 Å². The second kappa shape index (κ2) is 9.67. The van der Waals surface area contributed by atoms with Crippen LogP contribution in [0.2, 0.25) is 0 Å². The molecule has 2 aromatic rings. The highest BCUT2D eigenvalue weighted by atomic mass is 35.5. The number of hydrogen-bond acceptors (Lipinski definition) is 5. The van der Waals surface area contributed by atoms with Crippen molar-refractivity contribution in [1.82, 2.24) is 4.98 Å². The number of H-pyrrole nitrogens is 1. The average Bonchev–Trinajstić information content (AvgIpc) is 3.02. The molecule has 2 heterocycles. The van der Waals surface area contributed by atoms with Crippen LogP contribution in [0, 0.1) is 36.5 Å². The van der Waals surface area contributed by atoms with E-state index < -0.39 is 0 Å². The van der Waals surface area contributed by atoms with Crippen molar-refractivity contribution in [1.29, 1.82) is 0 Å². The van der Waals surface area contributed by atoms with E-state index in [4.69, 9.17) is 10.5 Å². The number of ether oxygens (including phenoxy) is 1. The molecule has 2 unspecified atom stereocenters. The number of nitrogen functional groups attached to an aromatic ring is 1. The van der Waals surface area contributed by atoms with Gasteiger partial charge < -0.3 is 35.3 Å². The number of aromatic amines is 1. The first-order chi connectivity index (χ1) is 14.8. The first kappa shape index (κ1) is 26.2. The van der Waals surface area contributed by atoms with Crippen LogP contribution in [0.3, 0.4) is 0 Å². The molecule has 9 heteroatoms. The molecular formula is C24H34Cl2N4O2S. The van der Waals surface area contributed by atoms with Crippen molar-refractivity contribution in [3.63, 3.8) is 0 Å². The van der Waals surface area contributed by atoms with Crippen LogP contribution in [0.1, 0.15) is 67.4 Å². The van der Waals surface area contributed by atoms with Crippen molar-refractivity contribution >= 4 is 23.1 Å². The lowest BCUT2D eigenvalue weighted by Crippen LogP contribution is -3.00. The van der Waals surface area contributed by atoms with Crippen LogP contribution in [-0.2, 0) is 22.5 Å². The lowest BCUT2D eigenvalue weighted by atomic mass is 9.44. The average molecular weight is 514 g/mol. The third-order valence-corrected chi connectivity index (χ3v) is 9.06. The van der Waals surface area contributed by atoms with Gasteiger partial charge in [0.15, 0.2) is 12.2 Å². The summed E-state index contributed by atoms with van der Waals surface area (Å²) in [4.78, 5) is 21.9. The Balaban J connectivity index is 0.00000153. The van der Waals surface area contributed by atoms with E-state index in [0.717, 1.165) is 48.9 Å². The van der Waals surface area contributed by atoms with Crippen molar-refractivity contribution in [2.24, 2.45) is 22.7 Å². The van der Waals surface area contributed by atoms with E-state index in [1.807, 2.05) is 13.1 Å². The monoisotopic (exact) mass is 512 g/mol. The number of aromatic nitrogens is 3. The molecule has 0 amide bonds. The summed E-state index contributed by atoms with van der Waals surface area (Å²) in [6.45, 7) is 7.56. The highest BCUT2D eigenvalue weighted by molar-refractivity contribution is 7.09. The lowest BCUT2D eigenvalue weighted by Gasteiger charge is -2.59. The van der Waals surface area contributed by atoms with Crippen molar-refractivity contribution < 1.29 is 43.9 Å². The summed E-state index contributed by atoms with van der Waals surface area (Å²) in [5, 5.41) is 0. The van der Waals surface area contributed by atoms with Crippen molar-refractivity contribution in [3.05, 3.63) is 33.7 Å². The number of halogens is 2. The molecule has 3 N–H and O–H groups in total. The molecule has 0 radical (unpaired) electrons. The maximum Gasteiger partial charge on any atom is 0.312 e. The molecule has 4 aliphatic rings. The van der Waals surface area contributed by atoms with Gasteiger partial charge in [0.1, 0.15) is 11.8 Å². The largest absolute Gasteiger partial charge is 1.00 e. The Bertz CT molecular complexity index is 1010. The number of hydrogen-bond donors (Lipinski definition) is 1. The van der Waals surface area contributed by atoms with Crippen molar-refractivity contribution in [3.8, 4) is 0 Å². The molecule has 182 valence electrons. The molecule has 0 aromatic carbocycles. The van der Waals surface area contributed by atoms with Crippen LogP contribution in [0.15, 0.2) is 11.7 Å². The van der Waals surface area contributed by atoms with Gasteiger partial charge in [0.05, 0.1) is 16.9 Å². The van der Waals surface area contributed by atoms with E-state index >= 15 is 0 Å². The molecule has 4 saturated carbocycles. The van der Waals surface area contributed by atoms with E-state index in [1.165, 1.54) is 29.8 Å². The zero-order chi connectivity index (χ0) is 21.8. The predicted molar refractivity (Wildman–Crippen MR) is 118 cm³/mol. The Morgan fingerprint density at radius 2 is 1.97 bits per heavy atom. The predicted octanol–water partition coefficient (Wildman–Crippen LogP) is -2.81. The Kier molecular flexibility index (Phi) is 7.67. The van der Waals surface area contributed by atoms with Gasteiger partial charge in [-0.2, -0.15) is 4.57 Å². The van der Waals surface area contributed by atoms with Gasteiger partial charge in [-0.15, -0.1) is 0 Å². The first-order valence-electron chi connectivity index (χ1n) is 11.5. The second-order valence-corrected chi connectivity index (χ2v) is 11.6. The fourth-order valence-corrected chi connectivity index (χ4v) is 8.03. The van der Waals surface area contributed by atoms with Crippen molar-refractivity contribution in [2.75, 3.05) is 12.3 Å². The number of carbonyl (C=O) groups is 1. The molecule has 2 aromatic heterocycles. The highest BCUT2D eigenvalue weighted by Gasteiger charge is 2.59. The minimum atomic E-state index is -0.199. The number of aryl methyl sites for hydroxylation is 1. The maximum atomic E-state index is 13.2. The van der Waals surface area contributed by atoms with Crippen molar-refractivity contribution in [2.45, 2.75) is 72.3 Å². The van der Waals surface area contributed by atoms with Gasteiger partial charge in [-0.1, -0.05) is 18.3 Å². The molecule has 0 spiro atoms. The van der Waals surface area contributed by atoms with Crippen LogP contribution >= 0.6 is 11.3 Å². The molecule has 2 atom stereocenters. The molecular weight excluding hydrogens is 479 g/mol. The van der Waals surface area contributed by atoms with E-state index in [1.54, 1.807) is 11.3 Å². The Hall–Kier alpha value is -1.44. The van der Waals surface area contributed by atoms with Crippen LogP contribution in [0.4, 0.5) is 5.82 Å². The number of nitrogens with zero attached hydrogens (tertiary/aromatic N) is 2. The standard InChI is InChI=1S/C24H33N4O2S.2ClH/c1-15-20(31-14-28(15)12-19-11-26-16(2)27-21(19)25)4-5-30-22(29)24-9-17-6-18(10-24)8-23(3,7-17)13-24;;/h11,14,17-18H,4-10,12-13H2,1-3H3,(H2,25,26,27);2*1H/q+1;;/p-1. The van der Waals surface area contributed by atoms with Gasteiger partial charge in [-0.3, -0.25) is 4.79 Å². The maximum absolute atomic E-state index is 13.2. The molecule has 6 rings (SSSR count). The Morgan fingerprint density at radius 3 is 2.61 bits per heavy atom. The summed E-state index contributed by atoms with van der Waals surface area (Å²) in [5.74, 6) is 2.92. The van der Waals surface area contributed by atoms with E-state index in [-0.39, 0.29) is 36.2 Å². The summed E-state index contributed by atoms with van der Waals surface area (Å²) >= 11 is 1.72. The summed E-state index contributed by atoms with van der Waals surface area (Å²) in [6, 6.07) is 0. The normalized spacial score (nSPS) is 29.3. The number of thiazole rings is 1. The fraction of sp³-hybridized carbons (Fsp3) is 0.667. The summed E-state index contributed by atoms with van der Waals surface area (Å²) in [7, 11) is 0. The summed E-state index contributed by atoms with van der Waals surface area (Å²) < 4.78 is 8.11.